The molecule has 6 nitrogen and oxygen atoms in total. The summed E-state index contributed by atoms with van der Waals surface area (Å²) < 4.78 is 45.1. The lowest BCUT2D eigenvalue weighted by atomic mass is 9.99. The number of benzene rings is 1. The Bertz CT molecular complexity index is 852. The third-order valence-electron chi connectivity index (χ3n) is 4.80. The molecule has 0 saturated heterocycles. The van der Waals surface area contributed by atoms with Crippen molar-refractivity contribution in [2.75, 3.05) is 13.7 Å². The molecule has 10 heteroatoms. The van der Waals surface area contributed by atoms with Gasteiger partial charge in [0, 0.05) is 20.2 Å². The third-order valence-corrected chi connectivity index (χ3v) is 5.08. The molecule has 152 valence electrons. The number of carboxylic acid groups (broad SMARTS) is 1. The molecular weight excluding hydrogens is 399 g/mol. The van der Waals surface area contributed by atoms with Gasteiger partial charge in [-0.2, -0.15) is 13.2 Å². The summed E-state index contributed by atoms with van der Waals surface area (Å²) >= 11 is 6.28. The number of rotatable bonds is 5. The van der Waals surface area contributed by atoms with E-state index in [0.717, 1.165) is 12.1 Å². The Kier molecular flexibility index (Phi) is 5.85. The largest absolute Gasteiger partial charge is 0.465 e. The van der Waals surface area contributed by atoms with E-state index in [1.807, 2.05) is 4.57 Å². The highest BCUT2D eigenvalue weighted by Gasteiger charge is 2.35. The van der Waals surface area contributed by atoms with Gasteiger partial charge in [0.25, 0.3) is 0 Å². The van der Waals surface area contributed by atoms with Gasteiger partial charge in [0.1, 0.15) is 12.4 Å². The fourth-order valence-electron chi connectivity index (χ4n) is 3.48. The summed E-state index contributed by atoms with van der Waals surface area (Å²) in [4.78, 5) is 17.3. The van der Waals surface area contributed by atoms with Gasteiger partial charge in [-0.25, -0.2) is 9.78 Å². The topological polar surface area (TPSA) is 67.6 Å². The minimum Gasteiger partial charge on any atom is -0.465 e. The maximum atomic E-state index is 12.7. The molecule has 28 heavy (non-hydrogen) atoms. The first-order valence-electron chi connectivity index (χ1n) is 8.61. The number of halogens is 4. The zero-order valence-electron chi connectivity index (χ0n) is 15.0. The number of aryl methyl sites for hydroxylation is 1. The number of imidazole rings is 1. The fraction of sp³-hybridized carbons (Fsp3) is 0.444. The Morgan fingerprint density at radius 2 is 2.00 bits per heavy atom. The van der Waals surface area contributed by atoms with Crippen molar-refractivity contribution in [1.29, 1.82) is 0 Å². The summed E-state index contributed by atoms with van der Waals surface area (Å²) in [6, 6.07) is 4.33. The van der Waals surface area contributed by atoms with Crippen LogP contribution >= 0.6 is 11.6 Å². The molecule has 1 atom stereocenters. The maximum Gasteiger partial charge on any atom is 0.416 e. The zero-order valence-corrected chi connectivity index (χ0v) is 15.8. The maximum absolute atomic E-state index is 12.7. The Balaban J connectivity index is 1.84. The average molecular weight is 418 g/mol. The van der Waals surface area contributed by atoms with Crippen LogP contribution in [-0.2, 0) is 30.5 Å². The number of aromatic nitrogens is 2. The van der Waals surface area contributed by atoms with Crippen LogP contribution in [0.5, 0.6) is 0 Å². The average Bonchev–Trinajstić information content (AvgIpc) is 2.95. The monoisotopic (exact) mass is 417 g/mol. The predicted molar refractivity (Wildman–Crippen MR) is 95.2 cm³/mol. The molecule has 0 fully saturated rings. The van der Waals surface area contributed by atoms with E-state index in [0.29, 0.717) is 36.5 Å². The van der Waals surface area contributed by atoms with E-state index in [-0.39, 0.29) is 18.3 Å². The van der Waals surface area contributed by atoms with Crippen molar-refractivity contribution in [2.45, 2.75) is 38.2 Å². The second-order valence-electron chi connectivity index (χ2n) is 6.51. The number of alkyl halides is 3. The van der Waals surface area contributed by atoms with E-state index < -0.39 is 23.9 Å². The molecule has 1 unspecified atom stereocenters. The Morgan fingerprint density at radius 1 is 1.32 bits per heavy atom. The van der Waals surface area contributed by atoms with Gasteiger partial charge in [-0.15, -0.1) is 0 Å². The molecule has 0 bridgehead atoms. The van der Waals surface area contributed by atoms with Crippen molar-refractivity contribution < 1.29 is 27.8 Å². The summed E-state index contributed by atoms with van der Waals surface area (Å²) in [6.07, 6.45) is -4.70. The molecule has 2 aromatic rings. The summed E-state index contributed by atoms with van der Waals surface area (Å²) in [5.41, 5.74) is 0.559. The molecule has 1 aliphatic rings. The molecular formula is C18H19ClF3N3O3. The summed E-state index contributed by atoms with van der Waals surface area (Å²) in [5.74, 6) is 0.618. The Morgan fingerprint density at radius 3 is 2.57 bits per heavy atom. The zero-order chi connectivity index (χ0) is 20.5. The SMILES string of the molecule is COCc1nc(Cl)c2n1CCN(C(=O)O)C2CCc1ccc(C(F)(F)F)cc1. The number of amides is 1. The molecule has 0 spiro atoms. The normalized spacial score (nSPS) is 16.9. The van der Waals surface area contributed by atoms with Gasteiger partial charge < -0.3 is 14.4 Å². The lowest BCUT2D eigenvalue weighted by molar-refractivity contribution is -0.137. The first kappa shape index (κ1) is 20.5. The highest BCUT2D eigenvalue weighted by atomic mass is 35.5. The van der Waals surface area contributed by atoms with Gasteiger partial charge in [0.15, 0.2) is 5.15 Å². The van der Waals surface area contributed by atoms with Crippen molar-refractivity contribution in [3.05, 3.63) is 52.1 Å². The highest BCUT2D eigenvalue weighted by Crippen LogP contribution is 2.36. The van der Waals surface area contributed by atoms with Gasteiger partial charge in [0.05, 0.1) is 17.3 Å². The van der Waals surface area contributed by atoms with Gasteiger partial charge in [0.2, 0.25) is 0 Å². The molecule has 0 aliphatic carbocycles. The van der Waals surface area contributed by atoms with E-state index in [1.165, 1.54) is 24.1 Å². The predicted octanol–water partition coefficient (Wildman–Crippen LogP) is 4.37. The number of nitrogens with zero attached hydrogens (tertiary/aromatic N) is 3. The first-order valence-corrected chi connectivity index (χ1v) is 8.99. The van der Waals surface area contributed by atoms with E-state index in [2.05, 4.69) is 4.98 Å². The number of hydrogen-bond donors (Lipinski definition) is 1. The molecule has 0 saturated carbocycles. The Labute approximate surface area is 164 Å². The van der Waals surface area contributed by atoms with Crippen molar-refractivity contribution in [3.8, 4) is 0 Å². The molecule has 1 aromatic carbocycles. The third kappa shape index (κ3) is 4.10. The number of hydrogen-bond acceptors (Lipinski definition) is 3. The lowest BCUT2D eigenvalue weighted by Gasteiger charge is -2.35. The molecule has 1 N–H and O–H groups in total. The van der Waals surface area contributed by atoms with Crippen LogP contribution < -0.4 is 0 Å². The first-order chi connectivity index (χ1) is 13.2. The van der Waals surface area contributed by atoms with Crippen LogP contribution in [0.15, 0.2) is 24.3 Å². The summed E-state index contributed by atoms with van der Waals surface area (Å²) in [5, 5.41) is 9.78. The van der Waals surface area contributed by atoms with Crippen molar-refractivity contribution in [2.24, 2.45) is 0 Å². The smallest absolute Gasteiger partial charge is 0.416 e. The minimum absolute atomic E-state index is 0.218. The van der Waals surface area contributed by atoms with E-state index >= 15 is 0 Å². The van der Waals surface area contributed by atoms with Gasteiger partial charge in [-0.3, -0.25) is 4.90 Å². The van der Waals surface area contributed by atoms with Crippen molar-refractivity contribution in [1.82, 2.24) is 14.5 Å². The van der Waals surface area contributed by atoms with Crippen molar-refractivity contribution in [3.63, 3.8) is 0 Å². The summed E-state index contributed by atoms with van der Waals surface area (Å²) in [7, 11) is 1.53. The fourth-order valence-corrected chi connectivity index (χ4v) is 3.81. The van der Waals surface area contributed by atoms with Crippen LogP contribution in [0, 0.1) is 0 Å². The molecule has 1 aliphatic heterocycles. The molecule has 2 heterocycles. The second kappa shape index (κ2) is 8.00. The number of carbonyl (C=O) groups is 1. The standard InChI is InChI=1S/C18H19ClF3N3O3/c1-28-10-14-23-16(19)15-13(24(17(26)27)8-9-25(14)15)7-4-11-2-5-12(6-3-11)18(20,21)22/h2-3,5-6,13H,4,7-10H2,1H3,(H,26,27). The minimum atomic E-state index is -4.39. The summed E-state index contributed by atoms with van der Waals surface area (Å²) in [6.45, 7) is 0.929. The lowest BCUT2D eigenvalue weighted by Crippen LogP contribution is -2.42. The number of fused-ring (bicyclic) bond motifs is 1. The van der Waals surface area contributed by atoms with Crippen LogP contribution in [0.1, 0.15) is 35.1 Å². The van der Waals surface area contributed by atoms with Crippen LogP contribution in [0.3, 0.4) is 0 Å². The second-order valence-corrected chi connectivity index (χ2v) is 6.87. The molecule has 0 radical (unpaired) electrons. The van der Waals surface area contributed by atoms with E-state index in [1.54, 1.807) is 0 Å². The van der Waals surface area contributed by atoms with E-state index in [4.69, 9.17) is 16.3 Å². The van der Waals surface area contributed by atoms with Gasteiger partial charge >= 0.3 is 12.3 Å². The quantitative estimate of drug-likeness (QED) is 0.784. The Hall–Kier alpha value is -2.26. The molecule has 3 rings (SSSR count). The molecule has 1 aromatic heterocycles. The van der Waals surface area contributed by atoms with E-state index in [9.17, 15) is 23.1 Å². The number of methoxy groups -OCH3 is 1. The highest BCUT2D eigenvalue weighted by molar-refractivity contribution is 6.30. The van der Waals surface area contributed by atoms with Crippen LogP contribution in [-0.4, -0.2) is 39.3 Å². The van der Waals surface area contributed by atoms with Crippen LogP contribution in [0.25, 0.3) is 0 Å². The van der Waals surface area contributed by atoms with Gasteiger partial charge in [-0.05, 0) is 30.5 Å². The number of ether oxygens (including phenoxy) is 1. The molecule has 1 amide bonds. The van der Waals surface area contributed by atoms with Crippen molar-refractivity contribution >= 4 is 17.7 Å². The van der Waals surface area contributed by atoms with Gasteiger partial charge in [-0.1, -0.05) is 23.7 Å². The van der Waals surface area contributed by atoms with Crippen LogP contribution in [0.4, 0.5) is 18.0 Å². The van der Waals surface area contributed by atoms with Crippen LogP contribution in [0.2, 0.25) is 5.15 Å².